The van der Waals surface area contributed by atoms with Gasteiger partial charge in [-0.1, -0.05) is 29.8 Å². The average Bonchev–Trinajstić information content (AvgIpc) is 2.93. The zero-order chi connectivity index (χ0) is 17.5. The van der Waals surface area contributed by atoms with Gasteiger partial charge < -0.3 is 0 Å². The minimum Gasteiger partial charge on any atom is -0.254 e. The number of aryl methyl sites for hydroxylation is 1. The predicted octanol–water partition coefficient (Wildman–Crippen LogP) is 5.14. The smallest absolute Gasteiger partial charge is 0.254 e. The quantitative estimate of drug-likeness (QED) is 0.691. The van der Waals surface area contributed by atoms with Crippen LogP contribution in [0.3, 0.4) is 0 Å². The fourth-order valence-electron chi connectivity index (χ4n) is 2.62. The van der Waals surface area contributed by atoms with Crippen molar-refractivity contribution in [3.63, 3.8) is 0 Å². The maximum absolute atomic E-state index is 14.0. The van der Waals surface area contributed by atoms with Crippen LogP contribution in [0, 0.1) is 18.6 Å². The van der Waals surface area contributed by atoms with Crippen LogP contribution in [0.25, 0.3) is 0 Å². The number of anilines is 1. The molecule has 0 saturated heterocycles. The van der Waals surface area contributed by atoms with E-state index in [4.69, 9.17) is 0 Å². The second-order valence-electron chi connectivity index (χ2n) is 5.62. The van der Waals surface area contributed by atoms with E-state index in [-0.39, 0.29) is 5.69 Å². The molecule has 7 heteroatoms. The number of hydrogen-bond acceptors (Lipinski definition) is 2. The Balaban J connectivity index is 2.06. The van der Waals surface area contributed by atoms with Crippen molar-refractivity contribution in [2.24, 2.45) is 5.10 Å². The summed E-state index contributed by atoms with van der Waals surface area (Å²) in [5, 5.41) is 4.54. The van der Waals surface area contributed by atoms with Crippen molar-refractivity contribution < 1.29 is 22.0 Å². The summed E-state index contributed by atoms with van der Waals surface area (Å²) >= 11 is 0. The number of nitrogens with zero attached hydrogens (tertiary/aromatic N) is 2. The summed E-state index contributed by atoms with van der Waals surface area (Å²) in [6, 6.07) is 8.80. The van der Waals surface area contributed by atoms with Gasteiger partial charge in [-0.3, -0.25) is 5.01 Å². The highest BCUT2D eigenvalue weighted by atomic mass is 19.4. The van der Waals surface area contributed by atoms with Gasteiger partial charge in [0.05, 0.1) is 11.7 Å². The van der Waals surface area contributed by atoms with E-state index in [9.17, 15) is 22.0 Å². The summed E-state index contributed by atoms with van der Waals surface area (Å²) in [4.78, 5) is 0. The molecule has 0 bridgehead atoms. The van der Waals surface area contributed by atoms with Crippen molar-refractivity contribution in [2.75, 3.05) is 5.01 Å². The van der Waals surface area contributed by atoms with Crippen LogP contribution >= 0.6 is 0 Å². The molecule has 0 aromatic heterocycles. The van der Waals surface area contributed by atoms with Crippen LogP contribution in [0.2, 0.25) is 0 Å². The first-order valence-corrected chi connectivity index (χ1v) is 7.21. The molecule has 1 aliphatic heterocycles. The summed E-state index contributed by atoms with van der Waals surface area (Å²) in [6.07, 6.45) is -5.00. The Bertz CT molecular complexity index is 781. The minimum absolute atomic E-state index is 0.193. The van der Waals surface area contributed by atoms with Crippen molar-refractivity contribution >= 4 is 11.4 Å². The van der Waals surface area contributed by atoms with Gasteiger partial charge in [0, 0.05) is 12.5 Å². The van der Waals surface area contributed by atoms with Gasteiger partial charge in [0.1, 0.15) is 11.5 Å². The van der Waals surface area contributed by atoms with Crippen LogP contribution < -0.4 is 5.01 Å². The molecule has 2 nitrogen and oxygen atoms in total. The second-order valence-corrected chi connectivity index (χ2v) is 5.62. The van der Waals surface area contributed by atoms with E-state index in [2.05, 4.69) is 5.10 Å². The van der Waals surface area contributed by atoms with Gasteiger partial charge in [0.2, 0.25) is 0 Å². The molecule has 2 aromatic carbocycles. The highest BCUT2D eigenvalue weighted by molar-refractivity contribution is 5.93. The Labute approximate surface area is 135 Å². The lowest BCUT2D eigenvalue weighted by molar-refractivity contribution is -0.0600. The zero-order valence-electron chi connectivity index (χ0n) is 12.6. The fourth-order valence-corrected chi connectivity index (χ4v) is 2.62. The fraction of sp³-hybridized carbons (Fsp3) is 0.235. The monoisotopic (exact) mass is 340 g/mol. The van der Waals surface area contributed by atoms with Gasteiger partial charge in [0.25, 0.3) is 0 Å². The molecule has 1 atom stereocenters. The van der Waals surface area contributed by atoms with Gasteiger partial charge in [-0.2, -0.15) is 18.3 Å². The third kappa shape index (κ3) is 3.11. The van der Waals surface area contributed by atoms with Crippen LogP contribution in [-0.4, -0.2) is 11.9 Å². The van der Waals surface area contributed by atoms with E-state index < -0.39 is 36.0 Å². The van der Waals surface area contributed by atoms with Crippen molar-refractivity contribution in [2.45, 2.75) is 25.6 Å². The lowest BCUT2D eigenvalue weighted by Crippen LogP contribution is -2.21. The van der Waals surface area contributed by atoms with E-state index in [1.165, 1.54) is 0 Å². The first-order chi connectivity index (χ1) is 11.3. The normalized spacial score (nSPS) is 18.0. The molecule has 0 fully saturated rings. The van der Waals surface area contributed by atoms with E-state index >= 15 is 0 Å². The standard InChI is InChI=1S/C17H13F5N2/c1-10-2-4-11(5-3-10)15-9-16(17(20,21)22)23-24(15)14-7-6-12(18)8-13(14)19/h2-8,15H,9H2,1H3/t15-/m0/s1. The van der Waals surface area contributed by atoms with Crippen molar-refractivity contribution in [3.05, 3.63) is 65.2 Å². The van der Waals surface area contributed by atoms with Crippen molar-refractivity contribution in [1.82, 2.24) is 0 Å². The number of rotatable bonds is 2. The molecule has 0 radical (unpaired) electrons. The van der Waals surface area contributed by atoms with Gasteiger partial charge in [-0.05, 0) is 24.6 Å². The molecule has 0 amide bonds. The Morgan fingerprint density at radius 2 is 1.71 bits per heavy atom. The third-order valence-electron chi connectivity index (χ3n) is 3.86. The molecular formula is C17H13F5N2. The SMILES string of the molecule is Cc1ccc([C@@H]2CC(C(F)(F)F)=NN2c2ccc(F)cc2F)cc1. The van der Waals surface area contributed by atoms with Gasteiger partial charge in [-0.25, -0.2) is 8.78 Å². The van der Waals surface area contributed by atoms with Gasteiger partial charge in [0.15, 0.2) is 5.82 Å². The van der Waals surface area contributed by atoms with E-state index in [1.807, 2.05) is 6.92 Å². The number of halogens is 5. The summed E-state index contributed by atoms with van der Waals surface area (Å²) < 4.78 is 66.3. The highest BCUT2D eigenvalue weighted by Gasteiger charge is 2.44. The van der Waals surface area contributed by atoms with Gasteiger partial charge >= 0.3 is 6.18 Å². The lowest BCUT2D eigenvalue weighted by atomic mass is 10.00. The topological polar surface area (TPSA) is 15.6 Å². The molecule has 126 valence electrons. The van der Waals surface area contributed by atoms with Crippen molar-refractivity contribution in [3.8, 4) is 0 Å². The maximum Gasteiger partial charge on any atom is 0.431 e. The van der Waals surface area contributed by atoms with Crippen molar-refractivity contribution in [1.29, 1.82) is 0 Å². The number of hydrogen-bond donors (Lipinski definition) is 0. The highest BCUT2D eigenvalue weighted by Crippen LogP contribution is 2.40. The molecule has 0 saturated carbocycles. The molecule has 3 rings (SSSR count). The summed E-state index contributed by atoms with van der Waals surface area (Å²) in [5.74, 6) is -1.76. The Morgan fingerprint density at radius 1 is 1.04 bits per heavy atom. The molecule has 0 spiro atoms. The van der Waals surface area contributed by atoms with Crippen LogP contribution in [0.15, 0.2) is 47.6 Å². The first-order valence-electron chi connectivity index (χ1n) is 7.21. The average molecular weight is 340 g/mol. The Hall–Kier alpha value is -2.44. The molecule has 1 aliphatic rings. The second kappa shape index (κ2) is 5.89. The predicted molar refractivity (Wildman–Crippen MR) is 80.9 cm³/mol. The largest absolute Gasteiger partial charge is 0.431 e. The number of benzene rings is 2. The summed E-state index contributed by atoms with van der Waals surface area (Å²) in [6.45, 7) is 1.85. The van der Waals surface area contributed by atoms with Crippen LogP contribution in [0.1, 0.15) is 23.6 Å². The Morgan fingerprint density at radius 3 is 2.29 bits per heavy atom. The third-order valence-corrected chi connectivity index (χ3v) is 3.86. The molecule has 0 unspecified atom stereocenters. The van der Waals surface area contributed by atoms with E-state index in [0.29, 0.717) is 11.6 Å². The Kier molecular flexibility index (Phi) is 4.03. The van der Waals surface area contributed by atoms with E-state index in [0.717, 1.165) is 22.7 Å². The first kappa shape index (κ1) is 16.4. The number of alkyl halides is 3. The molecule has 1 heterocycles. The number of hydrazone groups is 1. The van der Waals surface area contributed by atoms with Crippen LogP contribution in [0.4, 0.5) is 27.6 Å². The molecule has 24 heavy (non-hydrogen) atoms. The molecule has 2 aromatic rings. The molecular weight excluding hydrogens is 327 g/mol. The minimum atomic E-state index is -4.60. The maximum atomic E-state index is 14.0. The molecule has 0 N–H and O–H groups in total. The molecule has 0 aliphatic carbocycles. The zero-order valence-corrected chi connectivity index (χ0v) is 12.6. The van der Waals surface area contributed by atoms with Crippen LogP contribution in [-0.2, 0) is 0 Å². The summed E-state index contributed by atoms with van der Waals surface area (Å²) in [7, 11) is 0. The lowest BCUT2D eigenvalue weighted by Gasteiger charge is -2.24. The van der Waals surface area contributed by atoms with Crippen LogP contribution in [0.5, 0.6) is 0 Å². The summed E-state index contributed by atoms with van der Waals surface area (Å²) in [5.41, 5.74) is 0.346. The van der Waals surface area contributed by atoms with E-state index in [1.54, 1.807) is 24.3 Å². The van der Waals surface area contributed by atoms with Gasteiger partial charge in [-0.15, -0.1) is 0 Å².